The number of halogens is 6. The first-order chi connectivity index (χ1) is 19.2. The van der Waals surface area contributed by atoms with Gasteiger partial charge >= 0.3 is 24.3 Å². The average Bonchev–Trinajstić information content (AvgIpc) is 3.48. The van der Waals surface area contributed by atoms with E-state index in [0.29, 0.717) is 26.3 Å². The van der Waals surface area contributed by atoms with Gasteiger partial charge in [0, 0.05) is 44.6 Å². The summed E-state index contributed by atoms with van der Waals surface area (Å²) in [6, 6.07) is 7.90. The molecule has 1 fully saturated rings. The third-order valence-electron chi connectivity index (χ3n) is 5.74. The van der Waals surface area contributed by atoms with E-state index in [1.807, 2.05) is 52.2 Å². The molecule has 0 aliphatic carbocycles. The number of ether oxygens (including phenoxy) is 1. The molecule has 0 bridgehead atoms. The molecule has 0 radical (unpaired) electrons. The van der Waals surface area contributed by atoms with Crippen LogP contribution < -0.4 is 4.90 Å². The van der Waals surface area contributed by atoms with Gasteiger partial charge in [-0.2, -0.15) is 26.3 Å². The number of carbonyl (C=O) groups is 3. The monoisotopic (exact) mass is 591 g/mol. The summed E-state index contributed by atoms with van der Waals surface area (Å²) in [6.07, 6.45) is -3.61. The number of carbonyl (C=O) groups excluding carboxylic acids is 1. The highest BCUT2D eigenvalue weighted by Gasteiger charge is 2.39. The van der Waals surface area contributed by atoms with Crippen LogP contribution in [0.3, 0.4) is 0 Å². The lowest BCUT2D eigenvalue weighted by Gasteiger charge is -2.30. The summed E-state index contributed by atoms with van der Waals surface area (Å²) in [5, 5.41) is 14.2. The van der Waals surface area contributed by atoms with Gasteiger partial charge in [-0.25, -0.2) is 14.6 Å². The Kier molecular flexibility index (Phi) is 9.75. The smallest absolute Gasteiger partial charge is 0.475 e. The zero-order valence-corrected chi connectivity index (χ0v) is 21.0. The largest absolute Gasteiger partial charge is 0.490 e. The van der Waals surface area contributed by atoms with Crippen LogP contribution >= 0.6 is 0 Å². The van der Waals surface area contributed by atoms with Crippen LogP contribution in [-0.2, 0) is 27.3 Å². The van der Waals surface area contributed by atoms with E-state index in [-0.39, 0.29) is 5.91 Å². The number of carboxylic acid groups (broad SMARTS) is 2. The Balaban J connectivity index is 0.000000276. The van der Waals surface area contributed by atoms with E-state index < -0.39 is 24.3 Å². The Morgan fingerprint density at radius 3 is 2.15 bits per heavy atom. The SMILES string of the molecule is O=C(O)C(F)(F)F.O=C(O)C(F)(F)F.O=C1c2c(N3CCOCC3)ccnc2CN1CCc1cn2ccccc2n1. The first-order valence-corrected chi connectivity index (χ1v) is 11.8. The maximum Gasteiger partial charge on any atom is 0.490 e. The molecule has 222 valence electrons. The van der Waals surface area contributed by atoms with Crippen LogP contribution in [0.25, 0.3) is 5.65 Å². The van der Waals surface area contributed by atoms with Crippen molar-refractivity contribution in [3.05, 3.63) is 59.8 Å². The number of rotatable bonds is 4. The van der Waals surface area contributed by atoms with Gasteiger partial charge in [0.05, 0.1) is 42.4 Å². The van der Waals surface area contributed by atoms with Crippen LogP contribution in [0.1, 0.15) is 21.7 Å². The van der Waals surface area contributed by atoms with Crippen LogP contribution in [0, 0.1) is 0 Å². The number of pyridine rings is 2. The topological polar surface area (TPSA) is 138 Å². The third-order valence-corrected chi connectivity index (χ3v) is 5.74. The maximum atomic E-state index is 13.1. The van der Waals surface area contributed by atoms with Gasteiger partial charge in [-0.3, -0.25) is 9.78 Å². The van der Waals surface area contributed by atoms with Gasteiger partial charge in [-0.15, -0.1) is 0 Å². The standard InChI is InChI=1S/C20H21N5O2.2C2HF3O2/c26-20-19-16(21-6-4-17(19)23-9-11-27-12-10-23)14-25(20)8-5-15-13-24-7-2-1-3-18(24)22-15;2*3-2(4,5)1(6)7/h1-4,6-7,13H,5,8-12,14H2;2*(H,6,7). The number of imidazole rings is 1. The van der Waals surface area contributed by atoms with E-state index in [9.17, 15) is 31.1 Å². The van der Waals surface area contributed by atoms with Crippen LogP contribution in [0.15, 0.2) is 42.9 Å². The lowest BCUT2D eigenvalue weighted by Crippen LogP contribution is -2.37. The lowest BCUT2D eigenvalue weighted by atomic mass is 10.1. The molecule has 5 rings (SSSR count). The van der Waals surface area contributed by atoms with E-state index in [4.69, 9.17) is 24.5 Å². The molecule has 0 unspecified atom stereocenters. The van der Waals surface area contributed by atoms with Crippen molar-refractivity contribution in [2.75, 3.05) is 37.7 Å². The predicted molar refractivity (Wildman–Crippen MR) is 128 cm³/mol. The van der Waals surface area contributed by atoms with Crippen molar-refractivity contribution in [1.82, 2.24) is 19.3 Å². The van der Waals surface area contributed by atoms with E-state index in [0.717, 1.165) is 47.8 Å². The summed E-state index contributed by atoms with van der Waals surface area (Å²) >= 11 is 0. The Morgan fingerprint density at radius 2 is 1.59 bits per heavy atom. The number of alkyl halides is 6. The molecule has 2 aliphatic rings. The molecule has 1 amide bonds. The zero-order chi connectivity index (χ0) is 30.4. The number of anilines is 1. The lowest BCUT2D eigenvalue weighted by molar-refractivity contribution is -0.193. The van der Waals surface area contributed by atoms with Crippen molar-refractivity contribution in [3.8, 4) is 0 Å². The highest BCUT2D eigenvalue weighted by molar-refractivity contribution is 6.03. The molecule has 0 spiro atoms. The summed E-state index contributed by atoms with van der Waals surface area (Å²) in [4.78, 5) is 44.0. The molecule has 41 heavy (non-hydrogen) atoms. The molecular weight excluding hydrogens is 568 g/mol. The van der Waals surface area contributed by atoms with Crippen LogP contribution in [-0.4, -0.2) is 92.5 Å². The summed E-state index contributed by atoms with van der Waals surface area (Å²) in [5.74, 6) is -5.44. The molecule has 1 saturated heterocycles. The van der Waals surface area contributed by atoms with Crippen LogP contribution in [0.5, 0.6) is 0 Å². The van der Waals surface area contributed by atoms with E-state index in [1.165, 1.54) is 0 Å². The van der Waals surface area contributed by atoms with Gasteiger partial charge in [0.2, 0.25) is 0 Å². The van der Waals surface area contributed by atoms with Crippen molar-refractivity contribution in [1.29, 1.82) is 0 Å². The Labute approximate surface area is 227 Å². The number of carboxylic acids is 2. The van der Waals surface area contributed by atoms with Gasteiger partial charge in [0.15, 0.2) is 0 Å². The molecule has 3 aromatic rings. The summed E-state index contributed by atoms with van der Waals surface area (Å²) in [7, 11) is 0. The Morgan fingerprint density at radius 1 is 0.976 bits per heavy atom. The zero-order valence-electron chi connectivity index (χ0n) is 21.0. The van der Waals surface area contributed by atoms with E-state index in [2.05, 4.69) is 14.9 Å². The molecule has 2 N–H and O–H groups in total. The van der Waals surface area contributed by atoms with Crippen molar-refractivity contribution < 1.29 is 55.7 Å². The number of morpholine rings is 1. The predicted octanol–water partition coefficient (Wildman–Crippen LogP) is 3.03. The van der Waals surface area contributed by atoms with E-state index >= 15 is 0 Å². The quantitative estimate of drug-likeness (QED) is 0.439. The number of aliphatic carboxylic acids is 2. The van der Waals surface area contributed by atoms with Gasteiger partial charge in [0.1, 0.15) is 5.65 Å². The second kappa shape index (κ2) is 12.8. The molecule has 2 aliphatic heterocycles. The van der Waals surface area contributed by atoms with Gasteiger partial charge in [-0.05, 0) is 18.2 Å². The number of aromatic nitrogens is 3. The maximum absolute atomic E-state index is 13.1. The second-order valence-corrected chi connectivity index (χ2v) is 8.53. The van der Waals surface area contributed by atoms with E-state index in [1.54, 1.807) is 0 Å². The minimum Gasteiger partial charge on any atom is -0.475 e. The molecule has 5 heterocycles. The number of amides is 1. The second-order valence-electron chi connectivity index (χ2n) is 8.53. The highest BCUT2D eigenvalue weighted by Crippen LogP contribution is 2.30. The van der Waals surface area contributed by atoms with Crippen molar-refractivity contribution in [2.24, 2.45) is 0 Å². The summed E-state index contributed by atoms with van der Waals surface area (Å²) < 4.78 is 70.9. The highest BCUT2D eigenvalue weighted by atomic mass is 19.4. The van der Waals surface area contributed by atoms with Crippen LogP contribution in [0.2, 0.25) is 0 Å². The fraction of sp³-hybridized carbons (Fsp3) is 0.375. The number of hydrogen-bond donors (Lipinski definition) is 2. The summed E-state index contributed by atoms with van der Waals surface area (Å²) in [5.41, 5.74) is 4.54. The van der Waals surface area contributed by atoms with Gasteiger partial charge in [0.25, 0.3) is 5.91 Å². The molecule has 17 heteroatoms. The fourth-order valence-corrected chi connectivity index (χ4v) is 3.86. The Hall–Kier alpha value is -4.41. The molecule has 0 atom stereocenters. The van der Waals surface area contributed by atoms with Crippen LogP contribution in [0.4, 0.5) is 32.0 Å². The molecular formula is C24H23F6N5O6. The fourth-order valence-electron chi connectivity index (χ4n) is 3.86. The number of nitrogens with zero attached hydrogens (tertiary/aromatic N) is 5. The molecule has 11 nitrogen and oxygen atoms in total. The Bertz CT molecular complexity index is 1330. The number of hydrogen-bond acceptors (Lipinski definition) is 7. The minimum absolute atomic E-state index is 0.0726. The number of fused-ring (bicyclic) bond motifs is 2. The van der Waals surface area contributed by atoms with Crippen molar-refractivity contribution in [2.45, 2.75) is 25.3 Å². The van der Waals surface area contributed by atoms with Gasteiger partial charge in [-0.1, -0.05) is 6.07 Å². The third kappa shape index (κ3) is 8.29. The molecule has 3 aromatic heterocycles. The summed E-state index contributed by atoms with van der Waals surface area (Å²) in [6.45, 7) is 4.23. The average molecular weight is 591 g/mol. The molecule has 0 aromatic carbocycles. The normalized spacial score (nSPS) is 15.0. The first-order valence-electron chi connectivity index (χ1n) is 11.8. The van der Waals surface area contributed by atoms with Crippen molar-refractivity contribution >= 4 is 29.2 Å². The molecule has 0 saturated carbocycles. The first kappa shape index (κ1) is 31.1. The minimum atomic E-state index is -5.08. The van der Waals surface area contributed by atoms with Crippen molar-refractivity contribution in [3.63, 3.8) is 0 Å². The van der Waals surface area contributed by atoms with Gasteiger partial charge < -0.3 is 29.2 Å².